The van der Waals surface area contributed by atoms with Gasteiger partial charge in [0, 0.05) is 6.42 Å². The first-order valence-electron chi connectivity index (χ1n) is 13.5. The van der Waals surface area contributed by atoms with E-state index < -0.39 is 57.7 Å². The van der Waals surface area contributed by atoms with E-state index in [9.17, 15) is 24.0 Å². The summed E-state index contributed by atoms with van der Waals surface area (Å²) in [5, 5.41) is 10.9. The van der Waals surface area contributed by atoms with Gasteiger partial charge < -0.3 is 26.0 Å². The van der Waals surface area contributed by atoms with Gasteiger partial charge in [0.2, 0.25) is 23.6 Å². The second-order valence-electron chi connectivity index (χ2n) is 12.3. The van der Waals surface area contributed by atoms with Crippen molar-refractivity contribution in [1.29, 1.82) is 0 Å². The highest BCUT2D eigenvalue weighted by Gasteiger charge is 2.45. The van der Waals surface area contributed by atoms with Gasteiger partial charge in [0.1, 0.15) is 28.8 Å². The third-order valence-corrected chi connectivity index (χ3v) is 7.13. The molecule has 0 aliphatic carbocycles. The smallest absolute Gasteiger partial charge is 0.331 e. The molecule has 2 aromatic carbocycles. The summed E-state index contributed by atoms with van der Waals surface area (Å²) in [5.41, 5.74) is -4.55. The summed E-state index contributed by atoms with van der Waals surface area (Å²) in [6, 6.07) is 17.9. The minimum absolute atomic E-state index is 0.0964. The number of rotatable bonds is 3. The molecule has 0 radical (unpaired) electrons. The number of nitrogens with one attached hydrogen (secondary N) is 4. The summed E-state index contributed by atoms with van der Waals surface area (Å²) in [6.45, 7) is 10.2. The van der Waals surface area contributed by atoms with E-state index in [2.05, 4.69) is 21.3 Å². The lowest BCUT2D eigenvalue weighted by Crippen LogP contribution is -2.68. The van der Waals surface area contributed by atoms with E-state index in [1.165, 1.54) is 41.5 Å². The van der Waals surface area contributed by atoms with Crippen molar-refractivity contribution >= 4 is 29.6 Å². The molecule has 41 heavy (non-hydrogen) atoms. The Bertz CT molecular complexity index is 1310. The van der Waals surface area contributed by atoms with E-state index in [4.69, 9.17) is 4.74 Å². The number of esters is 1. The maximum atomic E-state index is 13.7. The van der Waals surface area contributed by atoms with Crippen molar-refractivity contribution in [3.05, 3.63) is 71.8 Å². The predicted molar refractivity (Wildman–Crippen MR) is 154 cm³/mol. The number of amides is 4. The van der Waals surface area contributed by atoms with Crippen molar-refractivity contribution in [1.82, 2.24) is 21.3 Å². The lowest BCUT2D eigenvalue weighted by Gasteiger charge is -2.37. The van der Waals surface area contributed by atoms with E-state index >= 15 is 0 Å². The van der Waals surface area contributed by atoms with Crippen molar-refractivity contribution in [3.8, 4) is 0 Å². The van der Waals surface area contributed by atoms with Crippen LogP contribution in [-0.2, 0) is 35.1 Å². The SMILES string of the molecule is CC1(C)NC(=O)[C@H](c2ccccc2)COC(=O)[C@](C)(Cc2ccccc2)NC(=O)C(C)(C)NC(=O)C(C)(C)NC1=O. The van der Waals surface area contributed by atoms with E-state index in [1.54, 1.807) is 37.3 Å². The highest BCUT2D eigenvalue weighted by molar-refractivity contribution is 6.00. The lowest BCUT2D eigenvalue weighted by atomic mass is 9.90. The number of hydrogen-bond donors (Lipinski definition) is 4. The highest BCUT2D eigenvalue weighted by atomic mass is 16.5. The van der Waals surface area contributed by atoms with Gasteiger partial charge in [-0.25, -0.2) is 4.79 Å². The molecule has 3 rings (SSSR count). The van der Waals surface area contributed by atoms with Crippen LogP contribution in [0.25, 0.3) is 0 Å². The molecule has 1 aliphatic rings. The molecule has 0 unspecified atom stereocenters. The van der Waals surface area contributed by atoms with E-state index in [0.29, 0.717) is 5.56 Å². The Morgan fingerprint density at radius 3 is 1.59 bits per heavy atom. The summed E-state index contributed by atoms with van der Waals surface area (Å²) in [4.78, 5) is 67.3. The van der Waals surface area contributed by atoms with Crippen LogP contribution in [0.4, 0.5) is 0 Å². The molecule has 10 heteroatoms. The molecule has 0 bridgehead atoms. The number of ether oxygens (including phenoxy) is 1. The van der Waals surface area contributed by atoms with Gasteiger partial charge in [0.25, 0.3) is 0 Å². The van der Waals surface area contributed by atoms with Gasteiger partial charge in [-0.15, -0.1) is 0 Å². The van der Waals surface area contributed by atoms with E-state index in [-0.39, 0.29) is 13.0 Å². The summed E-state index contributed by atoms with van der Waals surface area (Å²) in [6.07, 6.45) is 0.0964. The number of carbonyl (C=O) groups is 5. The fraction of sp³-hybridized carbons (Fsp3) is 0.452. The first-order valence-corrected chi connectivity index (χ1v) is 13.5. The molecule has 10 nitrogen and oxygen atoms in total. The van der Waals surface area contributed by atoms with Crippen molar-refractivity contribution in [2.75, 3.05) is 6.61 Å². The van der Waals surface area contributed by atoms with Crippen LogP contribution in [0.1, 0.15) is 65.5 Å². The number of cyclic esters (lactones) is 1. The van der Waals surface area contributed by atoms with Crippen LogP contribution >= 0.6 is 0 Å². The zero-order chi connectivity index (χ0) is 30.6. The van der Waals surface area contributed by atoms with Gasteiger partial charge in [0.15, 0.2) is 0 Å². The molecule has 1 aliphatic heterocycles. The second-order valence-corrected chi connectivity index (χ2v) is 12.3. The quantitative estimate of drug-likeness (QED) is 0.421. The van der Waals surface area contributed by atoms with Crippen molar-refractivity contribution in [2.45, 2.75) is 83.0 Å². The predicted octanol–water partition coefficient (Wildman–Crippen LogP) is 2.13. The summed E-state index contributed by atoms with van der Waals surface area (Å²) >= 11 is 0. The van der Waals surface area contributed by atoms with Crippen molar-refractivity contribution in [2.24, 2.45) is 0 Å². The highest BCUT2D eigenvalue weighted by Crippen LogP contribution is 2.23. The Balaban J connectivity index is 2.08. The topological polar surface area (TPSA) is 143 Å². The van der Waals surface area contributed by atoms with Crippen LogP contribution in [-0.4, -0.2) is 58.4 Å². The lowest BCUT2D eigenvalue weighted by molar-refractivity contribution is -0.155. The first-order chi connectivity index (χ1) is 19.0. The Kier molecular flexibility index (Phi) is 8.95. The molecule has 220 valence electrons. The average Bonchev–Trinajstić information content (AvgIpc) is 2.88. The summed E-state index contributed by atoms with van der Waals surface area (Å²) < 4.78 is 5.73. The number of benzene rings is 2. The van der Waals surface area contributed by atoms with Gasteiger partial charge in [-0.1, -0.05) is 60.7 Å². The molecule has 0 spiro atoms. The zero-order valence-electron chi connectivity index (χ0n) is 24.7. The van der Waals surface area contributed by atoms with Crippen LogP contribution in [0.5, 0.6) is 0 Å². The molecular weight excluding hydrogens is 524 g/mol. The second kappa shape index (κ2) is 11.7. The Hall–Kier alpha value is -4.21. The summed E-state index contributed by atoms with van der Waals surface area (Å²) in [5.74, 6) is -4.13. The number of carbonyl (C=O) groups excluding carboxylic acids is 5. The average molecular weight is 565 g/mol. The standard InChI is InChI=1S/C31H40N4O6/c1-28(2)24(37)33-29(3,4)25(38)34-30(5,6)26(39)35-31(7,18-20-14-10-8-11-15-20)27(40)41-19-22(23(36)32-28)21-16-12-9-13-17-21/h8-17,22H,18-19H2,1-7H3,(H,32,36)(H,33,37)(H,34,38)(H,35,39)/t22-,31-/m0/s1. The molecule has 2 atom stereocenters. The fourth-order valence-corrected chi connectivity index (χ4v) is 4.35. The Morgan fingerprint density at radius 1 is 0.634 bits per heavy atom. The first kappa shape index (κ1) is 31.3. The van der Waals surface area contributed by atoms with Crippen LogP contribution in [0.15, 0.2) is 60.7 Å². The molecule has 1 heterocycles. The third kappa shape index (κ3) is 7.50. The normalized spacial score (nSPS) is 25.1. The zero-order valence-corrected chi connectivity index (χ0v) is 24.7. The van der Waals surface area contributed by atoms with Gasteiger partial charge in [-0.2, -0.15) is 0 Å². The van der Waals surface area contributed by atoms with Gasteiger partial charge in [-0.05, 0) is 59.6 Å². The van der Waals surface area contributed by atoms with E-state index in [1.807, 2.05) is 30.3 Å². The fourth-order valence-electron chi connectivity index (χ4n) is 4.35. The van der Waals surface area contributed by atoms with Crippen molar-refractivity contribution in [3.63, 3.8) is 0 Å². The molecule has 0 saturated carbocycles. The summed E-state index contributed by atoms with van der Waals surface area (Å²) in [7, 11) is 0. The molecule has 1 fully saturated rings. The maximum absolute atomic E-state index is 13.7. The minimum Gasteiger partial charge on any atom is -0.463 e. The minimum atomic E-state index is -1.54. The largest absolute Gasteiger partial charge is 0.463 e. The molecule has 2 aromatic rings. The van der Waals surface area contributed by atoms with Gasteiger partial charge >= 0.3 is 5.97 Å². The van der Waals surface area contributed by atoms with E-state index in [0.717, 1.165) is 5.56 Å². The monoisotopic (exact) mass is 564 g/mol. The van der Waals surface area contributed by atoms with Gasteiger partial charge in [0.05, 0.1) is 5.92 Å². The molecule has 0 aromatic heterocycles. The van der Waals surface area contributed by atoms with Crippen LogP contribution in [0, 0.1) is 0 Å². The molecule has 4 amide bonds. The van der Waals surface area contributed by atoms with Crippen LogP contribution < -0.4 is 21.3 Å². The Morgan fingerprint density at radius 2 is 1.07 bits per heavy atom. The molecule has 1 saturated heterocycles. The third-order valence-electron chi connectivity index (χ3n) is 7.13. The van der Waals surface area contributed by atoms with Crippen LogP contribution in [0.2, 0.25) is 0 Å². The molecule has 4 N–H and O–H groups in total. The maximum Gasteiger partial charge on any atom is 0.331 e. The molecular formula is C31H40N4O6. The Labute approximate surface area is 241 Å². The van der Waals surface area contributed by atoms with Gasteiger partial charge in [-0.3, -0.25) is 19.2 Å². The van der Waals surface area contributed by atoms with Crippen molar-refractivity contribution < 1.29 is 28.7 Å². The van der Waals surface area contributed by atoms with Crippen LogP contribution in [0.3, 0.4) is 0 Å². The number of hydrogen-bond acceptors (Lipinski definition) is 6.